The van der Waals surface area contributed by atoms with Gasteiger partial charge in [-0.15, -0.1) is 0 Å². The van der Waals surface area contributed by atoms with E-state index in [4.69, 9.17) is 4.74 Å². The molecule has 0 aliphatic heterocycles. The summed E-state index contributed by atoms with van der Waals surface area (Å²) in [6.07, 6.45) is -0.314. The number of hydrogen-bond donors (Lipinski definition) is 0. The van der Waals surface area contributed by atoms with Crippen molar-refractivity contribution in [3.63, 3.8) is 0 Å². The molecule has 0 bridgehead atoms. The predicted octanol–water partition coefficient (Wildman–Crippen LogP) is 2.68. The molecule has 0 saturated heterocycles. The summed E-state index contributed by atoms with van der Waals surface area (Å²) in [5.41, 5.74) is 1.01. The minimum Gasteiger partial charge on any atom is -0.381 e. The maximum absolute atomic E-state index is 12.5. The standard InChI is InChI=1S/C15H25NO3S/c1-12(2)15(14-9-7-6-8-10-14)16(4)20(17,18)11-13(3)19-5/h6-10,12-13,15H,11H2,1-5H3/t13-,15-/m0/s1. The van der Waals surface area contributed by atoms with Crippen LogP contribution in [0.1, 0.15) is 32.4 Å². The molecule has 1 aromatic carbocycles. The predicted molar refractivity (Wildman–Crippen MR) is 82.0 cm³/mol. The monoisotopic (exact) mass is 299 g/mol. The van der Waals surface area contributed by atoms with Gasteiger partial charge in [-0.05, 0) is 18.4 Å². The molecule has 5 heteroatoms. The molecule has 0 aromatic heterocycles. The zero-order valence-corrected chi connectivity index (χ0v) is 13.7. The summed E-state index contributed by atoms with van der Waals surface area (Å²) >= 11 is 0. The lowest BCUT2D eigenvalue weighted by atomic mass is 9.96. The molecule has 0 heterocycles. The molecule has 0 spiro atoms. The average Bonchev–Trinajstić information content (AvgIpc) is 2.39. The molecule has 0 aliphatic carbocycles. The van der Waals surface area contributed by atoms with Gasteiger partial charge in [0.05, 0.1) is 17.9 Å². The highest BCUT2D eigenvalue weighted by atomic mass is 32.2. The Bertz CT molecular complexity index is 499. The van der Waals surface area contributed by atoms with Crippen molar-refractivity contribution < 1.29 is 13.2 Å². The van der Waals surface area contributed by atoms with Crippen LogP contribution in [-0.4, -0.2) is 38.7 Å². The fourth-order valence-electron chi connectivity index (χ4n) is 2.32. The van der Waals surface area contributed by atoms with E-state index in [0.717, 1.165) is 5.56 Å². The zero-order chi connectivity index (χ0) is 15.3. The number of nitrogens with zero attached hydrogens (tertiary/aromatic N) is 1. The first-order chi connectivity index (χ1) is 9.29. The molecular formula is C15H25NO3S. The molecule has 1 aromatic rings. The van der Waals surface area contributed by atoms with E-state index in [1.54, 1.807) is 14.0 Å². The van der Waals surface area contributed by atoms with Crippen LogP contribution in [0.5, 0.6) is 0 Å². The van der Waals surface area contributed by atoms with Gasteiger partial charge in [0.2, 0.25) is 10.0 Å². The van der Waals surface area contributed by atoms with Gasteiger partial charge in [-0.2, -0.15) is 4.31 Å². The summed E-state index contributed by atoms with van der Waals surface area (Å²) < 4.78 is 31.5. The topological polar surface area (TPSA) is 46.6 Å². The van der Waals surface area contributed by atoms with Crippen LogP contribution < -0.4 is 0 Å². The van der Waals surface area contributed by atoms with Crippen LogP contribution in [0, 0.1) is 5.92 Å². The fraction of sp³-hybridized carbons (Fsp3) is 0.600. The molecule has 0 fully saturated rings. The SMILES string of the molecule is CO[C@@H](C)CS(=O)(=O)N(C)[C@H](c1ccccc1)C(C)C. The second-order valence-corrected chi connectivity index (χ2v) is 7.51. The molecule has 0 unspecified atom stereocenters. The van der Waals surface area contributed by atoms with E-state index in [0.29, 0.717) is 0 Å². The van der Waals surface area contributed by atoms with Crippen molar-refractivity contribution in [3.05, 3.63) is 35.9 Å². The molecule has 0 N–H and O–H groups in total. The Hall–Kier alpha value is -0.910. The molecule has 114 valence electrons. The molecule has 1 rings (SSSR count). The van der Waals surface area contributed by atoms with Gasteiger partial charge in [-0.3, -0.25) is 0 Å². The van der Waals surface area contributed by atoms with Gasteiger partial charge in [0.15, 0.2) is 0 Å². The van der Waals surface area contributed by atoms with Gasteiger partial charge >= 0.3 is 0 Å². The molecule has 2 atom stereocenters. The Balaban J connectivity index is 3.04. The van der Waals surface area contributed by atoms with Crippen LogP contribution in [0.4, 0.5) is 0 Å². The van der Waals surface area contributed by atoms with Gasteiger partial charge in [-0.1, -0.05) is 44.2 Å². The van der Waals surface area contributed by atoms with E-state index >= 15 is 0 Å². The first-order valence-corrected chi connectivity index (χ1v) is 8.44. The van der Waals surface area contributed by atoms with Crippen LogP contribution >= 0.6 is 0 Å². The lowest BCUT2D eigenvalue weighted by Crippen LogP contribution is -2.38. The van der Waals surface area contributed by atoms with Crippen molar-refractivity contribution >= 4 is 10.0 Å². The van der Waals surface area contributed by atoms with Crippen molar-refractivity contribution in [2.75, 3.05) is 19.9 Å². The maximum atomic E-state index is 12.5. The van der Waals surface area contributed by atoms with Gasteiger partial charge in [-0.25, -0.2) is 8.42 Å². The third kappa shape index (κ3) is 4.30. The Morgan fingerprint density at radius 3 is 2.15 bits per heavy atom. The van der Waals surface area contributed by atoms with E-state index in [9.17, 15) is 8.42 Å². The molecular weight excluding hydrogens is 274 g/mol. The number of methoxy groups -OCH3 is 1. The van der Waals surface area contributed by atoms with Crippen LogP contribution in [0.15, 0.2) is 30.3 Å². The molecule has 0 aliphatic rings. The second-order valence-electron chi connectivity index (χ2n) is 5.44. The van der Waals surface area contributed by atoms with Crippen LogP contribution in [0.2, 0.25) is 0 Å². The molecule has 0 radical (unpaired) electrons. The third-order valence-electron chi connectivity index (χ3n) is 3.45. The summed E-state index contributed by atoms with van der Waals surface area (Å²) in [6, 6.07) is 9.58. The summed E-state index contributed by atoms with van der Waals surface area (Å²) in [7, 11) is -0.182. The minimum atomic E-state index is -3.36. The van der Waals surface area contributed by atoms with E-state index < -0.39 is 10.0 Å². The number of sulfonamides is 1. The Kier molecular flexibility index (Phi) is 6.17. The van der Waals surface area contributed by atoms with Gasteiger partial charge in [0, 0.05) is 14.2 Å². The average molecular weight is 299 g/mol. The van der Waals surface area contributed by atoms with E-state index in [1.807, 2.05) is 44.2 Å². The molecule has 4 nitrogen and oxygen atoms in total. The Labute approximate surface area is 122 Å². The van der Waals surface area contributed by atoms with Crippen molar-refractivity contribution in [3.8, 4) is 0 Å². The van der Waals surface area contributed by atoms with E-state index in [2.05, 4.69) is 0 Å². The number of hydrogen-bond acceptors (Lipinski definition) is 3. The van der Waals surface area contributed by atoms with Gasteiger partial charge in [0.1, 0.15) is 0 Å². The summed E-state index contributed by atoms with van der Waals surface area (Å²) in [5.74, 6) is 0.186. The normalized spacial score (nSPS) is 15.6. The summed E-state index contributed by atoms with van der Waals surface area (Å²) in [4.78, 5) is 0. The third-order valence-corrected chi connectivity index (χ3v) is 5.45. The Morgan fingerprint density at radius 2 is 1.70 bits per heavy atom. The van der Waals surface area contributed by atoms with Crippen molar-refractivity contribution in [2.45, 2.75) is 32.9 Å². The number of rotatable bonds is 7. The smallest absolute Gasteiger partial charge is 0.216 e. The first kappa shape index (κ1) is 17.1. The van der Waals surface area contributed by atoms with Crippen LogP contribution in [0.25, 0.3) is 0 Å². The molecule has 0 amide bonds. The highest BCUT2D eigenvalue weighted by Crippen LogP contribution is 2.29. The second kappa shape index (κ2) is 7.20. The lowest BCUT2D eigenvalue weighted by Gasteiger charge is -2.31. The Morgan fingerprint density at radius 1 is 1.15 bits per heavy atom. The molecule has 0 saturated carbocycles. The molecule has 20 heavy (non-hydrogen) atoms. The maximum Gasteiger partial charge on any atom is 0.216 e. The highest BCUT2D eigenvalue weighted by molar-refractivity contribution is 7.89. The number of benzene rings is 1. The minimum absolute atomic E-state index is 0.00392. The fourth-order valence-corrected chi connectivity index (χ4v) is 4.00. The van der Waals surface area contributed by atoms with Gasteiger partial charge < -0.3 is 4.74 Å². The lowest BCUT2D eigenvalue weighted by molar-refractivity contribution is 0.134. The van der Waals surface area contributed by atoms with Crippen molar-refractivity contribution in [1.29, 1.82) is 0 Å². The van der Waals surface area contributed by atoms with E-state index in [-0.39, 0.29) is 23.8 Å². The summed E-state index contributed by atoms with van der Waals surface area (Å²) in [6.45, 7) is 5.82. The summed E-state index contributed by atoms with van der Waals surface area (Å²) in [5, 5.41) is 0. The van der Waals surface area contributed by atoms with Crippen molar-refractivity contribution in [1.82, 2.24) is 4.31 Å². The zero-order valence-electron chi connectivity index (χ0n) is 12.9. The largest absolute Gasteiger partial charge is 0.381 e. The first-order valence-electron chi connectivity index (χ1n) is 6.83. The van der Waals surface area contributed by atoms with Crippen LogP contribution in [0.3, 0.4) is 0 Å². The van der Waals surface area contributed by atoms with Crippen molar-refractivity contribution in [2.24, 2.45) is 5.92 Å². The van der Waals surface area contributed by atoms with E-state index in [1.165, 1.54) is 11.4 Å². The number of ether oxygens (including phenoxy) is 1. The van der Waals surface area contributed by atoms with Gasteiger partial charge in [0.25, 0.3) is 0 Å². The highest BCUT2D eigenvalue weighted by Gasteiger charge is 2.30. The van der Waals surface area contributed by atoms with Crippen LogP contribution in [-0.2, 0) is 14.8 Å². The quantitative estimate of drug-likeness (QED) is 0.777.